The molecule has 0 spiro atoms. The molecule has 3 rings (SSSR count). The van der Waals surface area contributed by atoms with Crippen molar-refractivity contribution in [2.45, 2.75) is 6.04 Å². The van der Waals surface area contributed by atoms with Crippen LogP contribution in [0.2, 0.25) is 5.02 Å². The Morgan fingerprint density at radius 1 is 1.11 bits per heavy atom. The Labute approximate surface area is 165 Å². The first-order valence-electron chi connectivity index (χ1n) is 9.17. The van der Waals surface area contributed by atoms with Crippen LogP contribution >= 0.6 is 11.6 Å². The number of likely N-dealkylation sites (N-methyl/N-ethyl adjacent to an activating group) is 1. The van der Waals surface area contributed by atoms with Gasteiger partial charge in [0.05, 0.1) is 13.2 Å². The standard InChI is InChI=1S/C21H26ClN3O2/c1-24-11-13-25(14-12-24)20(18-5-3-4-6-19(18)22)15-23-21(26)16-7-9-17(27-2)10-8-16/h3-10,20H,11-15H2,1-2H3,(H,23,26). The van der Waals surface area contributed by atoms with Crippen LogP contribution < -0.4 is 10.1 Å². The first-order valence-corrected chi connectivity index (χ1v) is 9.55. The quantitative estimate of drug-likeness (QED) is 0.827. The van der Waals surface area contributed by atoms with E-state index in [1.807, 2.05) is 24.3 Å². The lowest BCUT2D eigenvalue weighted by Gasteiger charge is -2.38. The summed E-state index contributed by atoms with van der Waals surface area (Å²) < 4.78 is 5.15. The predicted octanol–water partition coefficient (Wildman–Crippen LogP) is 3.07. The molecule has 0 bridgehead atoms. The van der Waals surface area contributed by atoms with Crippen molar-refractivity contribution in [1.82, 2.24) is 15.1 Å². The van der Waals surface area contributed by atoms with Gasteiger partial charge in [-0.25, -0.2) is 0 Å². The molecule has 1 N–H and O–H groups in total. The van der Waals surface area contributed by atoms with Crippen LogP contribution in [-0.2, 0) is 0 Å². The maximum absolute atomic E-state index is 12.6. The number of hydrogen-bond acceptors (Lipinski definition) is 4. The molecule has 1 atom stereocenters. The smallest absolute Gasteiger partial charge is 0.251 e. The zero-order valence-corrected chi connectivity index (χ0v) is 16.6. The minimum Gasteiger partial charge on any atom is -0.497 e. The van der Waals surface area contributed by atoms with Gasteiger partial charge < -0.3 is 15.0 Å². The summed E-state index contributed by atoms with van der Waals surface area (Å²) in [4.78, 5) is 17.3. The van der Waals surface area contributed by atoms with Crippen LogP contribution in [0.1, 0.15) is 22.0 Å². The van der Waals surface area contributed by atoms with Gasteiger partial charge in [0, 0.05) is 43.3 Å². The van der Waals surface area contributed by atoms with Crippen LogP contribution in [0.3, 0.4) is 0 Å². The van der Waals surface area contributed by atoms with Gasteiger partial charge in [-0.15, -0.1) is 0 Å². The molecule has 1 amide bonds. The lowest BCUT2D eigenvalue weighted by atomic mass is 10.0. The maximum Gasteiger partial charge on any atom is 0.251 e. The molecule has 1 unspecified atom stereocenters. The van der Waals surface area contributed by atoms with Gasteiger partial charge in [0.1, 0.15) is 5.75 Å². The van der Waals surface area contributed by atoms with Crippen molar-refractivity contribution < 1.29 is 9.53 Å². The monoisotopic (exact) mass is 387 g/mol. The summed E-state index contributed by atoms with van der Waals surface area (Å²) in [5.74, 6) is 0.641. The number of amides is 1. The van der Waals surface area contributed by atoms with Gasteiger partial charge in [-0.05, 0) is 42.9 Å². The first kappa shape index (κ1) is 19.7. The number of halogens is 1. The fourth-order valence-electron chi connectivity index (χ4n) is 3.35. The zero-order valence-electron chi connectivity index (χ0n) is 15.8. The number of hydrogen-bond donors (Lipinski definition) is 1. The van der Waals surface area contributed by atoms with Crippen LogP contribution in [0.4, 0.5) is 0 Å². The molecule has 5 nitrogen and oxygen atoms in total. The van der Waals surface area contributed by atoms with E-state index in [1.165, 1.54) is 0 Å². The SMILES string of the molecule is COc1ccc(C(=O)NCC(c2ccccc2Cl)N2CCN(C)CC2)cc1. The van der Waals surface area contributed by atoms with E-state index in [4.69, 9.17) is 16.3 Å². The number of carbonyl (C=O) groups is 1. The predicted molar refractivity (Wildman–Crippen MR) is 109 cm³/mol. The number of nitrogens with zero attached hydrogens (tertiary/aromatic N) is 2. The Balaban J connectivity index is 1.73. The minimum absolute atomic E-state index is 0.0506. The van der Waals surface area contributed by atoms with E-state index in [1.54, 1.807) is 31.4 Å². The van der Waals surface area contributed by atoms with Gasteiger partial charge in [0.2, 0.25) is 0 Å². The molecule has 1 aliphatic rings. The fraction of sp³-hybridized carbons (Fsp3) is 0.381. The highest BCUT2D eigenvalue weighted by Crippen LogP contribution is 2.28. The van der Waals surface area contributed by atoms with Gasteiger partial charge in [0.15, 0.2) is 0 Å². The van der Waals surface area contributed by atoms with Crippen LogP contribution in [-0.4, -0.2) is 62.6 Å². The van der Waals surface area contributed by atoms with Crippen LogP contribution in [0.15, 0.2) is 48.5 Å². The average Bonchev–Trinajstić information content (AvgIpc) is 2.70. The van der Waals surface area contributed by atoms with Gasteiger partial charge in [-0.2, -0.15) is 0 Å². The molecule has 1 saturated heterocycles. The average molecular weight is 388 g/mol. The molecular formula is C21H26ClN3O2. The van der Waals surface area contributed by atoms with Crippen molar-refractivity contribution in [3.05, 3.63) is 64.7 Å². The van der Waals surface area contributed by atoms with E-state index in [0.717, 1.165) is 42.5 Å². The molecule has 0 aliphatic carbocycles. The molecule has 1 heterocycles. The number of rotatable bonds is 6. The van der Waals surface area contributed by atoms with E-state index < -0.39 is 0 Å². The second-order valence-electron chi connectivity index (χ2n) is 6.82. The maximum atomic E-state index is 12.6. The molecule has 27 heavy (non-hydrogen) atoms. The molecule has 0 aromatic heterocycles. The van der Waals surface area contributed by atoms with Gasteiger partial charge in [-0.1, -0.05) is 29.8 Å². The fourth-order valence-corrected chi connectivity index (χ4v) is 3.61. The number of nitrogens with one attached hydrogen (secondary N) is 1. The largest absolute Gasteiger partial charge is 0.497 e. The van der Waals surface area contributed by atoms with Crippen molar-refractivity contribution in [3.8, 4) is 5.75 Å². The molecule has 1 fully saturated rings. The summed E-state index contributed by atoms with van der Waals surface area (Å²) in [6.45, 7) is 4.43. The zero-order chi connectivity index (χ0) is 19.2. The summed E-state index contributed by atoms with van der Waals surface area (Å²) in [6.07, 6.45) is 0. The second-order valence-corrected chi connectivity index (χ2v) is 7.22. The topological polar surface area (TPSA) is 44.8 Å². The third kappa shape index (κ3) is 5.01. The highest BCUT2D eigenvalue weighted by Gasteiger charge is 2.26. The van der Waals surface area contributed by atoms with Crippen molar-refractivity contribution in [3.63, 3.8) is 0 Å². The molecule has 0 saturated carbocycles. The molecule has 2 aromatic carbocycles. The van der Waals surface area contributed by atoms with Gasteiger partial charge in [-0.3, -0.25) is 9.69 Å². The van der Waals surface area contributed by atoms with E-state index >= 15 is 0 Å². The second kappa shape index (κ2) is 9.22. The normalized spacial score (nSPS) is 16.7. The summed E-state index contributed by atoms with van der Waals surface area (Å²) in [6, 6.07) is 15.1. The van der Waals surface area contributed by atoms with E-state index in [9.17, 15) is 4.79 Å². The number of carbonyl (C=O) groups excluding carboxylic acids is 1. The van der Waals surface area contributed by atoms with E-state index in [0.29, 0.717) is 12.1 Å². The number of methoxy groups -OCH3 is 1. The summed E-state index contributed by atoms with van der Waals surface area (Å²) >= 11 is 6.47. The van der Waals surface area contributed by atoms with Crippen molar-refractivity contribution in [1.29, 1.82) is 0 Å². The van der Waals surface area contributed by atoms with E-state index in [-0.39, 0.29) is 11.9 Å². The van der Waals surface area contributed by atoms with Crippen LogP contribution in [0.5, 0.6) is 5.75 Å². The Morgan fingerprint density at radius 3 is 2.41 bits per heavy atom. The Morgan fingerprint density at radius 2 is 1.78 bits per heavy atom. The molecule has 0 radical (unpaired) electrons. The van der Waals surface area contributed by atoms with Gasteiger partial charge >= 0.3 is 0 Å². The summed E-state index contributed by atoms with van der Waals surface area (Å²) in [7, 11) is 3.74. The Bertz CT molecular complexity index is 758. The van der Waals surface area contributed by atoms with Crippen LogP contribution in [0, 0.1) is 0 Å². The highest BCUT2D eigenvalue weighted by molar-refractivity contribution is 6.31. The van der Waals surface area contributed by atoms with Crippen molar-refractivity contribution in [2.75, 3.05) is 46.9 Å². The molecule has 6 heteroatoms. The number of benzene rings is 2. The third-order valence-electron chi connectivity index (χ3n) is 5.05. The summed E-state index contributed by atoms with van der Waals surface area (Å²) in [5, 5.41) is 3.81. The van der Waals surface area contributed by atoms with Crippen LogP contribution in [0.25, 0.3) is 0 Å². The first-order chi connectivity index (χ1) is 13.1. The van der Waals surface area contributed by atoms with Crippen molar-refractivity contribution in [2.24, 2.45) is 0 Å². The highest BCUT2D eigenvalue weighted by atomic mass is 35.5. The van der Waals surface area contributed by atoms with E-state index in [2.05, 4.69) is 22.2 Å². The minimum atomic E-state index is -0.0937. The Hall–Kier alpha value is -2.08. The van der Waals surface area contributed by atoms with Gasteiger partial charge in [0.25, 0.3) is 5.91 Å². The third-order valence-corrected chi connectivity index (χ3v) is 5.40. The number of ether oxygens (including phenoxy) is 1. The molecule has 1 aliphatic heterocycles. The molecular weight excluding hydrogens is 362 g/mol. The van der Waals surface area contributed by atoms with Crippen molar-refractivity contribution >= 4 is 17.5 Å². The summed E-state index contributed by atoms with van der Waals surface area (Å²) in [5.41, 5.74) is 1.67. The molecule has 2 aromatic rings. The number of piperazine rings is 1. The lowest BCUT2D eigenvalue weighted by Crippen LogP contribution is -2.48. The lowest BCUT2D eigenvalue weighted by molar-refractivity contribution is 0.0886. The Kier molecular flexibility index (Phi) is 6.72. The molecule has 144 valence electrons.